The average Bonchev–Trinajstić information content (AvgIpc) is 3.23. The van der Waals surface area contributed by atoms with E-state index in [1.54, 1.807) is 24.9 Å². The van der Waals surface area contributed by atoms with Crippen LogP contribution in [-0.4, -0.2) is 70.8 Å². The molecule has 1 fully saturated rings. The summed E-state index contributed by atoms with van der Waals surface area (Å²) in [4.78, 5) is 24.2. The molecule has 0 saturated carbocycles. The van der Waals surface area contributed by atoms with Crippen molar-refractivity contribution < 1.29 is 8.42 Å². The normalized spacial score (nSPS) is 16.8. The van der Waals surface area contributed by atoms with Crippen molar-refractivity contribution in [2.75, 3.05) is 37.3 Å². The van der Waals surface area contributed by atoms with Crippen LogP contribution in [-0.2, 0) is 16.6 Å². The lowest BCUT2D eigenvalue weighted by molar-refractivity contribution is 0.387. The van der Waals surface area contributed by atoms with Gasteiger partial charge < -0.3 is 4.90 Å². The maximum Gasteiger partial charge on any atom is 0.211 e. The summed E-state index contributed by atoms with van der Waals surface area (Å²) in [5, 5.41) is 0. The number of benzene rings is 1. The highest BCUT2D eigenvalue weighted by molar-refractivity contribution is 7.88. The lowest BCUT2D eigenvalue weighted by Gasteiger charge is -2.34. The molecule has 1 aromatic carbocycles. The molecule has 0 N–H and O–H groups in total. The predicted octanol–water partition coefficient (Wildman–Crippen LogP) is 1.37. The van der Waals surface area contributed by atoms with Crippen LogP contribution in [0.4, 0.5) is 5.82 Å². The molecular formula is C21H21N7O2S. The maximum atomic E-state index is 11.8. The molecular weight excluding hydrogens is 414 g/mol. The fourth-order valence-corrected chi connectivity index (χ4v) is 4.74. The molecule has 2 aliphatic rings. The fourth-order valence-electron chi connectivity index (χ4n) is 3.91. The van der Waals surface area contributed by atoms with Crippen LogP contribution in [0, 0.1) is 0 Å². The number of piperazine rings is 1. The van der Waals surface area contributed by atoms with Crippen molar-refractivity contribution in [3.63, 3.8) is 0 Å². The summed E-state index contributed by atoms with van der Waals surface area (Å²) < 4.78 is 25.0. The van der Waals surface area contributed by atoms with Crippen LogP contribution >= 0.6 is 0 Å². The highest BCUT2D eigenvalue weighted by atomic mass is 32.2. The topological polar surface area (TPSA) is 105 Å². The zero-order valence-corrected chi connectivity index (χ0v) is 17.8. The summed E-state index contributed by atoms with van der Waals surface area (Å²) in [6.45, 7) is 2.68. The van der Waals surface area contributed by atoms with Crippen LogP contribution in [0.1, 0.15) is 16.8 Å². The molecule has 3 aromatic rings. The summed E-state index contributed by atoms with van der Waals surface area (Å²) in [5.41, 5.74) is 5.56. The van der Waals surface area contributed by atoms with E-state index >= 15 is 0 Å². The Kier molecular flexibility index (Phi) is 4.95. The Morgan fingerprint density at radius 1 is 0.935 bits per heavy atom. The first-order valence-corrected chi connectivity index (χ1v) is 11.8. The van der Waals surface area contributed by atoms with Gasteiger partial charge in [0.05, 0.1) is 36.1 Å². The van der Waals surface area contributed by atoms with Crippen molar-refractivity contribution in [2.45, 2.75) is 6.54 Å². The molecule has 0 aliphatic carbocycles. The molecule has 2 aromatic heterocycles. The molecule has 0 amide bonds. The van der Waals surface area contributed by atoms with Gasteiger partial charge in [0.2, 0.25) is 10.0 Å². The molecule has 5 rings (SSSR count). The Balaban J connectivity index is 1.41. The highest BCUT2D eigenvalue weighted by Crippen LogP contribution is 2.28. The van der Waals surface area contributed by atoms with Gasteiger partial charge in [-0.15, -0.1) is 0 Å². The van der Waals surface area contributed by atoms with Crippen LogP contribution < -0.4 is 4.90 Å². The summed E-state index contributed by atoms with van der Waals surface area (Å²) >= 11 is 0. The van der Waals surface area contributed by atoms with Crippen molar-refractivity contribution in [3.8, 4) is 11.3 Å². The van der Waals surface area contributed by atoms with E-state index in [9.17, 15) is 8.42 Å². The molecule has 0 bridgehead atoms. The molecule has 1 saturated heterocycles. The first-order chi connectivity index (χ1) is 15.0. The number of anilines is 1. The Morgan fingerprint density at radius 2 is 1.77 bits per heavy atom. The molecule has 2 aliphatic heterocycles. The number of sulfonamides is 1. The van der Waals surface area contributed by atoms with Crippen molar-refractivity contribution in [2.24, 2.45) is 4.99 Å². The largest absolute Gasteiger partial charge is 0.354 e. The smallest absolute Gasteiger partial charge is 0.211 e. The average molecular weight is 436 g/mol. The minimum atomic E-state index is -3.17. The Bertz CT molecular complexity index is 1250. The van der Waals surface area contributed by atoms with E-state index in [2.05, 4.69) is 37.0 Å². The summed E-state index contributed by atoms with van der Waals surface area (Å²) in [5.74, 6) is 0.777. The van der Waals surface area contributed by atoms with E-state index < -0.39 is 10.0 Å². The first kappa shape index (κ1) is 19.7. The minimum Gasteiger partial charge on any atom is -0.354 e. The Labute approximate surface area is 180 Å². The molecule has 0 radical (unpaired) electrons. The highest BCUT2D eigenvalue weighted by Gasteiger charge is 2.25. The van der Waals surface area contributed by atoms with E-state index in [1.165, 1.54) is 10.6 Å². The van der Waals surface area contributed by atoms with Crippen molar-refractivity contribution in [1.82, 2.24) is 24.2 Å². The number of aromatic nitrogens is 4. The van der Waals surface area contributed by atoms with Crippen LogP contribution in [0.3, 0.4) is 0 Å². The summed E-state index contributed by atoms with van der Waals surface area (Å²) in [6, 6.07) is 8.12. The second kappa shape index (κ2) is 7.78. The van der Waals surface area contributed by atoms with Crippen LogP contribution in [0.15, 0.2) is 54.2 Å². The van der Waals surface area contributed by atoms with Gasteiger partial charge in [-0.2, -0.15) is 4.31 Å². The molecule has 10 heteroatoms. The maximum absolute atomic E-state index is 11.8. The standard InChI is InChI=1S/C21H21N7O2S/c1-31(29,30)28-8-6-27(7-9-28)20-11-18(25-14-26-20)21-17-10-15(2-3-16(17)12-24-21)19-13-22-4-5-23-19/h2-5,10-11,13-14H,6-9,12H2,1H3. The number of fused-ring (bicyclic) bond motifs is 1. The SMILES string of the molecule is CS(=O)(=O)N1CCN(c2cc(C3=NCc4ccc(-c5cnccn5)cc43)ncn2)CC1. The molecule has 158 valence electrons. The molecule has 31 heavy (non-hydrogen) atoms. The quantitative estimate of drug-likeness (QED) is 0.609. The summed E-state index contributed by atoms with van der Waals surface area (Å²) in [7, 11) is -3.17. The molecule has 0 atom stereocenters. The second-order valence-electron chi connectivity index (χ2n) is 7.54. The molecule has 9 nitrogen and oxygen atoms in total. The zero-order chi connectivity index (χ0) is 21.4. The lowest BCUT2D eigenvalue weighted by Crippen LogP contribution is -2.48. The number of rotatable bonds is 4. The minimum absolute atomic E-state index is 0.448. The Morgan fingerprint density at radius 3 is 2.52 bits per heavy atom. The van der Waals surface area contributed by atoms with Gasteiger partial charge in [-0.25, -0.2) is 18.4 Å². The van der Waals surface area contributed by atoms with Gasteiger partial charge in [0.1, 0.15) is 12.1 Å². The van der Waals surface area contributed by atoms with E-state index in [0.29, 0.717) is 32.7 Å². The first-order valence-electron chi connectivity index (χ1n) is 9.96. The third-order valence-electron chi connectivity index (χ3n) is 5.56. The van der Waals surface area contributed by atoms with Gasteiger partial charge in [0.25, 0.3) is 0 Å². The monoisotopic (exact) mass is 435 g/mol. The summed E-state index contributed by atoms with van der Waals surface area (Å²) in [6.07, 6.45) is 7.86. The van der Waals surface area contributed by atoms with Gasteiger partial charge >= 0.3 is 0 Å². The fraction of sp³-hybridized carbons (Fsp3) is 0.286. The predicted molar refractivity (Wildman–Crippen MR) is 117 cm³/mol. The molecule has 4 heterocycles. The number of hydrogen-bond acceptors (Lipinski definition) is 8. The number of hydrogen-bond donors (Lipinski definition) is 0. The van der Waals surface area contributed by atoms with Gasteiger partial charge in [0, 0.05) is 55.8 Å². The van der Waals surface area contributed by atoms with E-state index in [0.717, 1.165) is 39.6 Å². The van der Waals surface area contributed by atoms with Gasteiger partial charge in [-0.1, -0.05) is 12.1 Å². The number of aliphatic imine (C=N–C) groups is 1. The number of nitrogens with zero attached hydrogens (tertiary/aromatic N) is 7. The van der Waals surface area contributed by atoms with Crippen LogP contribution in [0.2, 0.25) is 0 Å². The molecule has 0 unspecified atom stereocenters. The Hall–Kier alpha value is -3.24. The third-order valence-corrected chi connectivity index (χ3v) is 6.86. The van der Waals surface area contributed by atoms with Crippen LogP contribution in [0.5, 0.6) is 0 Å². The zero-order valence-electron chi connectivity index (χ0n) is 17.0. The van der Waals surface area contributed by atoms with Crippen molar-refractivity contribution >= 4 is 21.6 Å². The van der Waals surface area contributed by atoms with Crippen molar-refractivity contribution in [1.29, 1.82) is 0 Å². The molecule has 0 spiro atoms. The van der Waals surface area contributed by atoms with Gasteiger partial charge in [0.15, 0.2) is 0 Å². The van der Waals surface area contributed by atoms with Crippen molar-refractivity contribution in [3.05, 3.63) is 66.0 Å². The van der Waals surface area contributed by atoms with E-state index in [4.69, 9.17) is 4.99 Å². The van der Waals surface area contributed by atoms with E-state index in [-0.39, 0.29) is 0 Å². The van der Waals surface area contributed by atoms with E-state index in [1.807, 2.05) is 12.1 Å². The second-order valence-corrected chi connectivity index (χ2v) is 9.52. The lowest BCUT2D eigenvalue weighted by atomic mass is 9.99. The van der Waals surface area contributed by atoms with Gasteiger partial charge in [-0.05, 0) is 11.6 Å². The van der Waals surface area contributed by atoms with Crippen LogP contribution in [0.25, 0.3) is 11.3 Å². The van der Waals surface area contributed by atoms with Gasteiger partial charge in [-0.3, -0.25) is 15.0 Å². The third kappa shape index (κ3) is 3.91.